The molecule has 4 heteroatoms. The van der Waals surface area contributed by atoms with Crippen molar-refractivity contribution < 1.29 is 0 Å². The fourth-order valence-electron chi connectivity index (χ4n) is 6.29. The zero-order valence-corrected chi connectivity index (χ0v) is 21.0. The van der Waals surface area contributed by atoms with Crippen molar-refractivity contribution in [2.45, 2.75) is 59.3 Å². The van der Waals surface area contributed by atoms with Gasteiger partial charge in [0.05, 0.1) is 5.52 Å². The highest BCUT2D eigenvalue weighted by molar-refractivity contribution is 5.83. The van der Waals surface area contributed by atoms with Crippen LogP contribution in [-0.4, -0.2) is 50.2 Å². The van der Waals surface area contributed by atoms with Crippen LogP contribution < -0.4 is 10.6 Å². The van der Waals surface area contributed by atoms with E-state index in [0.717, 1.165) is 55.8 Å². The molecule has 1 aromatic carbocycles. The Morgan fingerprint density at radius 1 is 1.12 bits per heavy atom. The van der Waals surface area contributed by atoms with Crippen LogP contribution in [0.4, 0.5) is 5.82 Å². The van der Waals surface area contributed by atoms with E-state index >= 15 is 0 Å². The Hall–Kier alpha value is -1.65. The maximum Gasteiger partial charge on any atom is 0.126 e. The summed E-state index contributed by atoms with van der Waals surface area (Å²) in [5, 5.41) is 8.50. The summed E-state index contributed by atoms with van der Waals surface area (Å²) < 4.78 is 0. The van der Waals surface area contributed by atoms with Gasteiger partial charge in [0.1, 0.15) is 5.82 Å². The Morgan fingerprint density at radius 2 is 1.97 bits per heavy atom. The van der Waals surface area contributed by atoms with Crippen molar-refractivity contribution in [2.75, 3.05) is 45.6 Å². The number of anilines is 1. The standard InChI is InChI=1S/C28H44N4/c1-6-21-15-23-18-28(23,16-21)17-22-9-7-10-25-24(22)11-12-26(31-25)30-14-8-13-29-19-27(2,3)20-32(4)5/h7,9-12,21,23,29H,6,8,13-20H2,1-5H3,(H,30,31). The molecule has 2 N–H and O–H groups in total. The summed E-state index contributed by atoms with van der Waals surface area (Å²) >= 11 is 0. The monoisotopic (exact) mass is 436 g/mol. The molecule has 3 atom stereocenters. The van der Waals surface area contributed by atoms with E-state index in [1.807, 2.05) is 0 Å². The van der Waals surface area contributed by atoms with Crippen LogP contribution in [0.25, 0.3) is 10.9 Å². The number of benzene rings is 1. The number of rotatable bonds is 12. The van der Waals surface area contributed by atoms with Gasteiger partial charge in [0, 0.05) is 25.0 Å². The summed E-state index contributed by atoms with van der Waals surface area (Å²) in [5.41, 5.74) is 3.55. The summed E-state index contributed by atoms with van der Waals surface area (Å²) in [4.78, 5) is 7.19. The van der Waals surface area contributed by atoms with Crippen LogP contribution in [0.1, 0.15) is 58.4 Å². The molecule has 3 unspecified atom stereocenters. The molecule has 2 saturated carbocycles. The van der Waals surface area contributed by atoms with Crippen molar-refractivity contribution in [1.29, 1.82) is 0 Å². The molecule has 1 aromatic heterocycles. The molecule has 0 bridgehead atoms. The largest absolute Gasteiger partial charge is 0.370 e. The Kier molecular flexibility index (Phi) is 7.11. The van der Waals surface area contributed by atoms with Gasteiger partial charge in [0.15, 0.2) is 0 Å². The van der Waals surface area contributed by atoms with Crippen molar-refractivity contribution >= 4 is 16.7 Å². The molecule has 2 aromatic rings. The summed E-state index contributed by atoms with van der Waals surface area (Å²) in [6.45, 7) is 11.1. The van der Waals surface area contributed by atoms with E-state index in [-0.39, 0.29) is 0 Å². The maximum absolute atomic E-state index is 4.93. The minimum atomic E-state index is 0.296. The number of pyridine rings is 1. The lowest BCUT2D eigenvalue weighted by Gasteiger charge is -2.28. The lowest BCUT2D eigenvalue weighted by Crippen LogP contribution is -2.38. The molecule has 2 aliphatic carbocycles. The van der Waals surface area contributed by atoms with Crippen LogP contribution >= 0.6 is 0 Å². The van der Waals surface area contributed by atoms with Crippen molar-refractivity contribution in [2.24, 2.45) is 22.7 Å². The first-order valence-corrected chi connectivity index (χ1v) is 12.8. The highest BCUT2D eigenvalue weighted by atomic mass is 15.1. The van der Waals surface area contributed by atoms with E-state index in [1.165, 1.54) is 43.1 Å². The third-order valence-electron chi connectivity index (χ3n) is 7.80. The number of aromatic nitrogens is 1. The second kappa shape index (κ2) is 9.69. The van der Waals surface area contributed by atoms with Gasteiger partial charge in [-0.3, -0.25) is 0 Å². The molecule has 4 rings (SSSR count). The van der Waals surface area contributed by atoms with Gasteiger partial charge < -0.3 is 15.5 Å². The van der Waals surface area contributed by atoms with Gasteiger partial charge >= 0.3 is 0 Å². The number of hydrogen-bond donors (Lipinski definition) is 2. The van der Waals surface area contributed by atoms with E-state index < -0.39 is 0 Å². The fourth-order valence-corrected chi connectivity index (χ4v) is 6.29. The maximum atomic E-state index is 4.93. The first-order chi connectivity index (χ1) is 15.3. The zero-order valence-electron chi connectivity index (χ0n) is 21.0. The molecule has 0 saturated heterocycles. The van der Waals surface area contributed by atoms with E-state index in [9.17, 15) is 0 Å². The lowest BCUT2D eigenvalue weighted by molar-refractivity contribution is 0.233. The quantitative estimate of drug-likeness (QED) is 0.426. The first kappa shape index (κ1) is 23.5. The lowest BCUT2D eigenvalue weighted by atomic mass is 9.89. The average Bonchev–Trinajstić information content (AvgIpc) is 3.28. The Morgan fingerprint density at radius 3 is 2.72 bits per heavy atom. The molecule has 0 aliphatic heterocycles. The summed E-state index contributed by atoms with van der Waals surface area (Å²) in [6.07, 6.45) is 8.06. The minimum absolute atomic E-state index is 0.296. The molecule has 32 heavy (non-hydrogen) atoms. The van der Waals surface area contributed by atoms with E-state index in [0.29, 0.717) is 10.8 Å². The van der Waals surface area contributed by atoms with Crippen molar-refractivity contribution in [3.63, 3.8) is 0 Å². The topological polar surface area (TPSA) is 40.2 Å². The minimum Gasteiger partial charge on any atom is -0.370 e. The number of hydrogen-bond acceptors (Lipinski definition) is 4. The van der Waals surface area contributed by atoms with E-state index in [4.69, 9.17) is 4.98 Å². The highest BCUT2D eigenvalue weighted by Gasteiger charge is 2.58. The van der Waals surface area contributed by atoms with Crippen LogP contribution in [0.5, 0.6) is 0 Å². The third-order valence-corrected chi connectivity index (χ3v) is 7.80. The van der Waals surface area contributed by atoms with Gasteiger partial charge in [-0.25, -0.2) is 4.98 Å². The van der Waals surface area contributed by atoms with E-state index in [2.05, 4.69) is 80.7 Å². The molecular weight excluding hydrogens is 392 g/mol. The van der Waals surface area contributed by atoms with Crippen molar-refractivity contribution in [3.05, 3.63) is 35.9 Å². The number of fused-ring (bicyclic) bond motifs is 2. The Labute approximate surface area is 195 Å². The van der Waals surface area contributed by atoms with Crippen molar-refractivity contribution in [3.8, 4) is 0 Å². The third kappa shape index (κ3) is 5.63. The van der Waals surface area contributed by atoms with Crippen LogP contribution in [0.3, 0.4) is 0 Å². The molecule has 2 fully saturated rings. The van der Waals surface area contributed by atoms with Gasteiger partial charge in [-0.2, -0.15) is 0 Å². The number of nitrogens with one attached hydrogen (secondary N) is 2. The van der Waals surface area contributed by atoms with Gasteiger partial charge in [0.2, 0.25) is 0 Å². The SMILES string of the molecule is CCC1CC2CC2(Cc2cccc3nc(NCCCNCC(C)(C)CN(C)C)ccc23)C1. The number of nitrogens with zero attached hydrogens (tertiary/aromatic N) is 2. The van der Waals surface area contributed by atoms with Crippen LogP contribution in [0.15, 0.2) is 30.3 Å². The molecule has 0 spiro atoms. The van der Waals surface area contributed by atoms with E-state index in [1.54, 1.807) is 0 Å². The predicted octanol–water partition coefficient (Wildman–Crippen LogP) is 5.58. The fraction of sp³-hybridized carbons (Fsp3) is 0.679. The normalized spacial score (nSPS) is 24.8. The van der Waals surface area contributed by atoms with Crippen molar-refractivity contribution in [1.82, 2.24) is 15.2 Å². The molecule has 176 valence electrons. The van der Waals surface area contributed by atoms with Gasteiger partial charge in [0.25, 0.3) is 0 Å². The molecule has 4 nitrogen and oxygen atoms in total. The predicted molar refractivity (Wildman–Crippen MR) is 137 cm³/mol. The highest BCUT2D eigenvalue weighted by Crippen LogP contribution is 2.67. The molecule has 1 heterocycles. The molecule has 0 amide bonds. The van der Waals surface area contributed by atoms with Gasteiger partial charge in [-0.05, 0) is 99.2 Å². The summed E-state index contributed by atoms with van der Waals surface area (Å²) in [7, 11) is 4.29. The van der Waals surface area contributed by atoms with Gasteiger partial charge in [-0.15, -0.1) is 0 Å². The summed E-state index contributed by atoms with van der Waals surface area (Å²) in [5.74, 6) is 2.95. The Bertz CT molecular complexity index is 905. The van der Waals surface area contributed by atoms with Crippen LogP contribution in [-0.2, 0) is 6.42 Å². The second-order valence-corrected chi connectivity index (χ2v) is 11.7. The average molecular weight is 437 g/mol. The first-order valence-electron chi connectivity index (χ1n) is 12.8. The van der Waals surface area contributed by atoms with Crippen LogP contribution in [0, 0.1) is 22.7 Å². The Balaban J connectivity index is 1.27. The summed E-state index contributed by atoms with van der Waals surface area (Å²) in [6, 6.07) is 11.2. The smallest absolute Gasteiger partial charge is 0.126 e. The molecule has 0 radical (unpaired) electrons. The second-order valence-electron chi connectivity index (χ2n) is 11.7. The van der Waals surface area contributed by atoms with Gasteiger partial charge in [-0.1, -0.05) is 39.3 Å². The molecule has 2 aliphatic rings. The zero-order chi connectivity index (χ0) is 22.8. The van der Waals surface area contributed by atoms with Crippen LogP contribution in [0.2, 0.25) is 0 Å². The molecular formula is C28H44N4.